The van der Waals surface area contributed by atoms with Crippen molar-refractivity contribution < 1.29 is 9.53 Å². The normalized spacial score (nSPS) is 10.7. The number of benzene rings is 2. The number of hydrogen-bond donors (Lipinski definition) is 1. The van der Waals surface area contributed by atoms with Crippen molar-refractivity contribution in [3.8, 4) is 11.4 Å². The summed E-state index contributed by atoms with van der Waals surface area (Å²) in [5.74, 6) is 0.851. The molecule has 0 fully saturated rings. The van der Waals surface area contributed by atoms with Gasteiger partial charge in [0, 0.05) is 29.7 Å². The summed E-state index contributed by atoms with van der Waals surface area (Å²) in [6, 6.07) is 16.4. The molecule has 0 radical (unpaired) electrons. The summed E-state index contributed by atoms with van der Waals surface area (Å²) in [4.78, 5) is 21.4. The summed E-state index contributed by atoms with van der Waals surface area (Å²) in [6.45, 7) is 0.352. The molecule has 32 heavy (non-hydrogen) atoms. The van der Waals surface area contributed by atoms with E-state index in [1.54, 1.807) is 42.4 Å². The third kappa shape index (κ3) is 5.24. The molecule has 0 aliphatic rings. The summed E-state index contributed by atoms with van der Waals surface area (Å²) in [7, 11) is 1.61. The van der Waals surface area contributed by atoms with E-state index in [9.17, 15) is 4.79 Å². The first-order valence-corrected chi connectivity index (χ1v) is 11.0. The lowest BCUT2D eigenvalue weighted by Crippen LogP contribution is -2.24. The standard InChI is InChI=1S/C22H19ClN6O2S/c1-31-18-9-3-15(4-10-18)13-26-21(30)20-19(14-32-22-24-11-2-12-25-22)29(28-27-20)17-7-5-16(23)6-8-17/h2-12H,13-14H2,1H3,(H,26,30). The Balaban J connectivity index is 1.56. The van der Waals surface area contributed by atoms with Crippen molar-refractivity contribution in [2.75, 3.05) is 7.11 Å². The summed E-state index contributed by atoms with van der Waals surface area (Å²) < 4.78 is 6.80. The molecular formula is C22H19ClN6O2S. The van der Waals surface area contributed by atoms with Crippen LogP contribution in [0.5, 0.6) is 5.75 Å². The van der Waals surface area contributed by atoms with Gasteiger partial charge in [-0.1, -0.05) is 40.7 Å². The number of methoxy groups -OCH3 is 1. The van der Waals surface area contributed by atoms with Crippen molar-refractivity contribution in [3.63, 3.8) is 0 Å². The Bertz CT molecular complexity index is 1180. The number of carbonyl (C=O) groups excluding carboxylic acids is 1. The average molecular weight is 467 g/mol. The Hall–Kier alpha value is -3.43. The maximum absolute atomic E-state index is 13.0. The van der Waals surface area contributed by atoms with E-state index in [1.807, 2.05) is 36.4 Å². The van der Waals surface area contributed by atoms with Gasteiger partial charge in [-0.25, -0.2) is 14.6 Å². The van der Waals surface area contributed by atoms with Gasteiger partial charge >= 0.3 is 0 Å². The Morgan fingerprint density at radius 3 is 2.50 bits per heavy atom. The number of aromatic nitrogens is 5. The third-order valence-electron chi connectivity index (χ3n) is 4.54. The molecule has 2 heterocycles. The fourth-order valence-corrected chi connectivity index (χ4v) is 3.82. The largest absolute Gasteiger partial charge is 0.497 e. The van der Waals surface area contributed by atoms with E-state index in [0.29, 0.717) is 28.2 Å². The first-order valence-electron chi connectivity index (χ1n) is 9.65. The first kappa shape index (κ1) is 21.8. The molecule has 0 aliphatic heterocycles. The Morgan fingerprint density at radius 2 is 1.81 bits per heavy atom. The van der Waals surface area contributed by atoms with Gasteiger partial charge in [-0.15, -0.1) is 5.10 Å². The van der Waals surface area contributed by atoms with Gasteiger partial charge in [0.05, 0.1) is 18.5 Å². The van der Waals surface area contributed by atoms with Crippen molar-refractivity contribution in [1.82, 2.24) is 30.3 Å². The highest BCUT2D eigenvalue weighted by Gasteiger charge is 2.21. The molecule has 0 atom stereocenters. The Labute approximate surface area is 194 Å². The van der Waals surface area contributed by atoms with Crippen molar-refractivity contribution in [3.05, 3.63) is 89.0 Å². The average Bonchev–Trinajstić information content (AvgIpc) is 3.26. The molecule has 1 N–H and O–H groups in total. The van der Waals surface area contributed by atoms with Crippen LogP contribution in [-0.4, -0.2) is 38.0 Å². The van der Waals surface area contributed by atoms with Crippen LogP contribution in [0.1, 0.15) is 21.7 Å². The molecule has 0 saturated heterocycles. The number of carbonyl (C=O) groups is 1. The molecule has 0 aliphatic carbocycles. The first-order chi connectivity index (χ1) is 15.6. The van der Waals surface area contributed by atoms with E-state index in [0.717, 1.165) is 17.0 Å². The molecule has 8 nitrogen and oxygen atoms in total. The Morgan fingerprint density at radius 1 is 1.09 bits per heavy atom. The number of hydrogen-bond acceptors (Lipinski definition) is 7. The zero-order chi connectivity index (χ0) is 22.3. The maximum atomic E-state index is 13.0. The fraction of sp³-hybridized carbons (Fsp3) is 0.136. The van der Waals surface area contributed by atoms with Crippen LogP contribution in [-0.2, 0) is 12.3 Å². The van der Waals surface area contributed by atoms with Crippen LogP contribution < -0.4 is 10.1 Å². The van der Waals surface area contributed by atoms with Crippen LogP contribution in [0.15, 0.2) is 72.1 Å². The predicted octanol–water partition coefficient (Wildman–Crippen LogP) is 3.94. The van der Waals surface area contributed by atoms with Gasteiger partial charge in [-0.3, -0.25) is 4.79 Å². The van der Waals surface area contributed by atoms with E-state index in [-0.39, 0.29) is 11.6 Å². The lowest BCUT2D eigenvalue weighted by atomic mass is 10.2. The molecule has 2 aromatic carbocycles. The fourth-order valence-electron chi connectivity index (χ4n) is 2.90. The molecular weight excluding hydrogens is 448 g/mol. The second-order valence-electron chi connectivity index (χ2n) is 6.62. The second kappa shape index (κ2) is 10.3. The molecule has 4 rings (SSSR count). The summed E-state index contributed by atoms with van der Waals surface area (Å²) >= 11 is 7.41. The minimum atomic E-state index is -0.314. The van der Waals surface area contributed by atoms with Crippen LogP contribution in [0.4, 0.5) is 0 Å². The smallest absolute Gasteiger partial charge is 0.274 e. The Kier molecular flexibility index (Phi) is 6.98. The molecule has 0 saturated carbocycles. The molecule has 2 aromatic heterocycles. The topological polar surface area (TPSA) is 94.8 Å². The van der Waals surface area contributed by atoms with Gasteiger partial charge in [0.2, 0.25) is 0 Å². The van der Waals surface area contributed by atoms with Crippen LogP contribution in [0.3, 0.4) is 0 Å². The highest BCUT2D eigenvalue weighted by atomic mass is 35.5. The van der Waals surface area contributed by atoms with E-state index in [2.05, 4.69) is 25.6 Å². The highest BCUT2D eigenvalue weighted by Crippen LogP contribution is 2.23. The SMILES string of the molecule is COc1ccc(CNC(=O)c2nnn(-c3ccc(Cl)cc3)c2CSc2ncccn2)cc1. The van der Waals surface area contributed by atoms with E-state index < -0.39 is 0 Å². The molecule has 0 spiro atoms. The van der Waals surface area contributed by atoms with Crippen LogP contribution in [0.2, 0.25) is 5.02 Å². The molecule has 4 aromatic rings. The monoisotopic (exact) mass is 466 g/mol. The van der Waals surface area contributed by atoms with Gasteiger partial charge in [0.1, 0.15) is 5.75 Å². The molecule has 162 valence electrons. The van der Waals surface area contributed by atoms with Gasteiger partial charge < -0.3 is 10.1 Å². The number of nitrogens with one attached hydrogen (secondary N) is 1. The van der Waals surface area contributed by atoms with E-state index >= 15 is 0 Å². The van der Waals surface area contributed by atoms with Crippen LogP contribution >= 0.6 is 23.4 Å². The lowest BCUT2D eigenvalue weighted by molar-refractivity contribution is 0.0945. The molecule has 0 unspecified atom stereocenters. The van der Waals surface area contributed by atoms with Crippen molar-refractivity contribution in [2.45, 2.75) is 17.5 Å². The maximum Gasteiger partial charge on any atom is 0.274 e. The minimum Gasteiger partial charge on any atom is -0.497 e. The highest BCUT2D eigenvalue weighted by molar-refractivity contribution is 7.98. The molecule has 10 heteroatoms. The second-order valence-corrected chi connectivity index (χ2v) is 8.00. The zero-order valence-corrected chi connectivity index (χ0v) is 18.7. The number of ether oxygens (including phenoxy) is 1. The van der Waals surface area contributed by atoms with Gasteiger partial charge in [-0.2, -0.15) is 0 Å². The predicted molar refractivity (Wildman–Crippen MR) is 122 cm³/mol. The lowest BCUT2D eigenvalue weighted by Gasteiger charge is -2.09. The van der Waals surface area contributed by atoms with Crippen molar-refractivity contribution in [2.24, 2.45) is 0 Å². The van der Waals surface area contributed by atoms with Gasteiger partial charge in [0.15, 0.2) is 10.9 Å². The van der Waals surface area contributed by atoms with Crippen LogP contribution in [0, 0.1) is 0 Å². The summed E-state index contributed by atoms with van der Waals surface area (Å²) in [6.07, 6.45) is 3.35. The quantitative estimate of drug-likeness (QED) is 0.310. The third-order valence-corrected chi connectivity index (χ3v) is 5.68. The van der Waals surface area contributed by atoms with Crippen molar-refractivity contribution in [1.29, 1.82) is 0 Å². The number of halogens is 1. The number of thioether (sulfide) groups is 1. The van der Waals surface area contributed by atoms with Crippen LogP contribution in [0.25, 0.3) is 5.69 Å². The number of rotatable bonds is 8. The van der Waals surface area contributed by atoms with Crippen molar-refractivity contribution >= 4 is 29.3 Å². The van der Waals surface area contributed by atoms with Gasteiger partial charge in [0.25, 0.3) is 5.91 Å². The van der Waals surface area contributed by atoms with E-state index in [1.165, 1.54) is 11.8 Å². The zero-order valence-electron chi connectivity index (χ0n) is 17.1. The number of nitrogens with zero attached hydrogens (tertiary/aromatic N) is 5. The summed E-state index contributed by atoms with van der Waals surface area (Å²) in [5.41, 5.74) is 2.58. The van der Waals surface area contributed by atoms with E-state index in [4.69, 9.17) is 16.3 Å². The number of amides is 1. The molecule has 1 amide bonds. The summed E-state index contributed by atoms with van der Waals surface area (Å²) in [5, 5.41) is 12.5. The molecule has 0 bridgehead atoms. The van der Waals surface area contributed by atoms with Gasteiger partial charge in [-0.05, 0) is 48.0 Å². The minimum absolute atomic E-state index is 0.247.